The number of nitrogens with zero attached hydrogens (tertiary/aromatic N) is 1. The maximum atomic E-state index is 14.1. The number of hydrogen-bond donors (Lipinski definition) is 2. The van der Waals surface area contributed by atoms with E-state index < -0.39 is 11.8 Å². The topological polar surface area (TPSA) is 67.6 Å². The number of alkyl halides is 3. The number of nitrogens with one attached hydrogen (secondary N) is 1. The quantitative estimate of drug-likeness (QED) is 0.304. The maximum Gasteiger partial charge on any atom is 0.428 e. The zero-order valence-electron chi connectivity index (χ0n) is 16.1. The van der Waals surface area contributed by atoms with Crippen molar-refractivity contribution in [2.45, 2.75) is 31.5 Å². The molecule has 31 heavy (non-hydrogen) atoms. The molecule has 0 bridgehead atoms. The average molecular weight is 495 g/mol. The van der Waals surface area contributed by atoms with Gasteiger partial charge >= 0.3 is 6.18 Å². The van der Waals surface area contributed by atoms with Crippen LogP contribution in [0.3, 0.4) is 0 Å². The van der Waals surface area contributed by atoms with Crippen molar-refractivity contribution in [3.05, 3.63) is 68.7 Å². The first-order chi connectivity index (χ1) is 14.5. The van der Waals surface area contributed by atoms with Crippen LogP contribution < -0.4 is 16.3 Å². The molecule has 1 heterocycles. The number of halogens is 6. The molecule has 0 saturated heterocycles. The van der Waals surface area contributed by atoms with Crippen LogP contribution >= 0.6 is 34.8 Å². The molecule has 0 radical (unpaired) electrons. The van der Waals surface area contributed by atoms with E-state index in [2.05, 4.69) is 5.48 Å². The van der Waals surface area contributed by atoms with Gasteiger partial charge in [0.15, 0.2) is 0 Å². The van der Waals surface area contributed by atoms with Gasteiger partial charge in [0.05, 0.1) is 16.4 Å². The standard InChI is InChI=1S/C20H17Cl3F3N3O2/c1-2-3-18(30)29(27)17-6-11(4-5-15(17)23)16-10-19(31-28-16,20(24,25)26)12-7-13(21)9-14(22)8-12/h4-10,28H,2-3,27H2,1H3. The minimum absolute atomic E-state index is 0.00248. The molecule has 1 amide bonds. The smallest absolute Gasteiger partial charge is 0.273 e. The van der Waals surface area contributed by atoms with E-state index in [-0.39, 0.29) is 49.9 Å². The van der Waals surface area contributed by atoms with Crippen molar-refractivity contribution in [1.29, 1.82) is 0 Å². The minimum Gasteiger partial charge on any atom is -0.273 e. The van der Waals surface area contributed by atoms with E-state index in [1.165, 1.54) is 24.3 Å². The van der Waals surface area contributed by atoms with Crippen LogP contribution in [-0.4, -0.2) is 12.1 Å². The molecule has 1 aliphatic heterocycles. The number of anilines is 1. The van der Waals surface area contributed by atoms with E-state index >= 15 is 0 Å². The molecular weight excluding hydrogens is 478 g/mol. The zero-order valence-corrected chi connectivity index (χ0v) is 18.3. The number of hydrazine groups is 1. The van der Waals surface area contributed by atoms with Crippen molar-refractivity contribution >= 4 is 52.1 Å². The summed E-state index contributed by atoms with van der Waals surface area (Å²) in [6, 6.07) is 7.87. The van der Waals surface area contributed by atoms with E-state index in [1.54, 1.807) is 0 Å². The van der Waals surface area contributed by atoms with Crippen LogP contribution in [-0.2, 0) is 15.2 Å². The number of carbonyl (C=O) groups excluding carboxylic acids is 1. The first-order valence-corrected chi connectivity index (χ1v) is 10.2. The van der Waals surface area contributed by atoms with Crippen LogP contribution in [0.1, 0.15) is 30.9 Å². The number of benzene rings is 2. The molecule has 3 N–H and O–H groups in total. The highest BCUT2D eigenvalue weighted by atomic mass is 35.5. The van der Waals surface area contributed by atoms with Gasteiger partial charge in [0.25, 0.3) is 0 Å². The number of carbonyl (C=O) groups is 1. The lowest BCUT2D eigenvalue weighted by Crippen LogP contribution is -2.42. The second-order valence-electron chi connectivity index (χ2n) is 6.83. The summed E-state index contributed by atoms with van der Waals surface area (Å²) in [6.07, 6.45) is -3.22. The summed E-state index contributed by atoms with van der Waals surface area (Å²) >= 11 is 18.0. The Morgan fingerprint density at radius 3 is 2.39 bits per heavy atom. The lowest BCUT2D eigenvalue weighted by molar-refractivity contribution is -0.269. The third-order valence-electron chi connectivity index (χ3n) is 4.63. The van der Waals surface area contributed by atoms with Crippen LogP contribution in [0.15, 0.2) is 42.5 Å². The fourth-order valence-corrected chi connectivity index (χ4v) is 3.82. The molecule has 5 nitrogen and oxygen atoms in total. The Morgan fingerprint density at radius 1 is 1.16 bits per heavy atom. The van der Waals surface area contributed by atoms with E-state index in [1.807, 2.05) is 6.92 Å². The first kappa shape index (κ1) is 23.7. The van der Waals surface area contributed by atoms with Gasteiger partial charge in [-0.25, -0.2) is 10.9 Å². The summed E-state index contributed by atoms with van der Waals surface area (Å²) in [5, 5.41) is 1.09. The molecule has 0 saturated carbocycles. The molecule has 3 rings (SSSR count). The Hall–Kier alpha value is -1.97. The lowest BCUT2D eigenvalue weighted by atomic mass is 9.91. The van der Waals surface area contributed by atoms with Gasteiger partial charge in [-0.1, -0.05) is 47.8 Å². The summed E-state index contributed by atoms with van der Waals surface area (Å²) in [4.78, 5) is 17.2. The Labute approximate surface area is 191 Å². The predicted octanol–water partition coefficient (Wildman–Crippen LogP) is 5.99. The molecule has 11 heteroatoms. The Bertz CT molecular complexity index is 1030. The Kier molecular flexibility index (Phi) is 6.78. The van der Waals surface area contributed by atoms with E-state index in [4.69, 9.17) is 45.5 Å². The van der Waals surface area contributed by atoms with Gasteiger partial charge in [0.2, 0.25) is 11.5 Å². The number of hydroxylamine groups is 1. The molecule has 1 aliphatic rings. The molecule has 2 aromatic carbocycles. The van der Waals surface area contributed by atoms with Crippen LogP contribution in [0.5, 0.6) is 0 Å². The highest BCUT2D eigenvalue weighted by Gasteiger charge is 2.59. The fraction of sp³-hybridized carbons (Fsp3) is 0.250. The van der Waals surface area contributed by atoms with Crippen LogP contribution in [0.25, 0.3) is 5.70 Å². The zero-order chi connectivity index (χ0) is 23.0. The van der Waals surface area contributed by atoms with Gasteiger partial charge in [0.1, 0.15) is 0 Å². The number of hydrogen-bond acceptors (Lipinski definition) is 4. The van der Waals surface area contributed by atoms with Crippen molar-refractivity contribution in [2.24, 2.45) is 5.84 Å². The average Bonchev–Trinajstić information content (AvgIpc) is 3.14. The largest absolute Gasteiger partial charge is 0.428 e. The molecule has 0 fully saturated rings. The molecule has 0 aliphatic carbocycles. The number of nitrogens with two attached hydrogens (primary N) is 1. The van der Waals surface area contributed by atoms with Gasteiger partial charge in [-0.3, -0.25) is 15.1 Å². The summed E-state index contributed by atoms with van der Waals surface area (Å²) in [5.41, 5.74) is -0.392. The molecule has 1 unspecified atom stereocenters. The van der Waals surface area contributed by atoms with Crippen molar-refractivity contribution in [3.8, 4) is 0 Å². The monoisotopic (exact) mass is 493 g/mol. The molecule has 0 spiro atoms. The molecule has 1 atom stereocenters. The van der Waals surface area contributed by atoms with E-state index in [9.17, 15) is 18.0 Å². The third kappa shape index (κ3) is 4.63. The maximum absolute atomic E-state index is 14.1. The van der Waals surface area contributed by atoms with E-state index in [0.29, 0.717) is 6.42 Å². The minimum atomic E-state index is -4.85. The van der Waals surface area contributed by atoms with Crippen LogP contribution in [0, 0.1) is 0 Å². The highest BCUT2D eigenvalue weighted by molar-refractivity contribution is 6.35. The Morgan fingerprint density at radius 2 is 1.81 bits per heavy atom. The molecule has 166 valence electrons. The van der Waals surface area contributed by atoms with Gasteiger partial charge in [-0.2, -0.15) is 13.2 Å². The Balaban J connectivity index is 2.08. The van der Waals surface area contributed by atoms with Crippen LogP contribution in [0.2, 0.25) is 15.1 Å². The summed E-state index contributed by atoms with van der Waals surface area (Å²) in [7, 11) is 0. The van der Waals surface area contributed by atoms with Crippen LogP contribution in [0.4, 0.5) is 18.9 Å². The van der Waals surface area contributed by atoms with Gasteiger partial charge in [-0.15, -0.1) is 0 Å². The van der Waals surface area contributed by atoms with Crippen molar-refractivity contribution in [1.82, 2.24) is 5.48 Å². The molecular formula is C20H17Cl3F3N3O2. The number of amides is 1. The lowest BCUT2D eigenvalue weighted by Gasteiger charge is -2.28. The third-order valence-corrected chi connectivity index (χ3v) is 5.39. The van der Waals surface area contributed by atoms with E-state index in [0.717, 1.165) is 23.2 Å². The van der Waals surface area contributed by atoms with Crippen molar-refractivity contribution in [3.63, 3.8) is 0 Å². The number of rotatable bonds is 5. The SMILES string of the molecule is CCCC(=O)N(N)c1cc(C2=CC(c3cc(Cl)cc(Cl)c3)(C(F)(F)F)ON2)ccc1Cl. The second-order valence-corrected chi connectivity index (χ2v) is 8.11. The normalized spacial score (nSPS) is 18.5. The summed E-state index contributed by atoms with van der Waals surface area (Å²) in [5.74, 6) is 5.47. The fourth-order valence-electron chi connectivity index (χ4n) is 3.09. The molecule has 0 aromatic heterocycles. The summed E-state index contributed by atoms with van der Waals surface area (Å²) in [6.45, 7) is 1.81. The first-order valence-electron chi connectivity index (χ1n) is 9.06. The van der Waals surface area contributed by atoms with Crippen molar-refractivity contribution < 1.29 is 22.8 Å². The predicted molar refractivity (Wildman–Crippen MR) is 114 cm³/mol. The van der Waals surface area contributed by atoms with Gasteiger partial charge in [0, 0.05) is 27.6 Å². The molecule has 2 aromatic rings. The second kappa shape index (κ2) is 8.88. The summed E-state index contributed by atoms with van der Waals surface area (Å²) < 4.78 is 42.4. The van der Waals surface area contributed by atoms with Crippen molar-refractivity contribution in [2.75, 3.05) is 5.01 Å². The van der Waals surface area contributed by atoms with Gasteiger partial charge < -0.3 is 0 Å². The van der Waals surface area contributed by atoms with Gasteiger partial charge in [-0.05, 0) is 42.8 Å². The highest BCUT2D eigenvalue weighted by Crippen LogP contribution is 2.48.